The predicted octanol–water partition coefficient (Wildman–Crippen LogP) is 3.92. The minimum Gasteiger partial charge on any atom is -0.497 e. The first-order valence-electron chi connectivity index (χ1n) is 9.72. The van der Waals surface area contributed by atoms with Gasteiger partial charge in [0.15, 0.2) is 0 Å². The molecular formula is C22H34O6. The van der Waals surface area contributed by atoms with E-state index < -0.39 is 12.1 Å². The Labute approximate surface area is 168 Å². The number of benzene rings is 1. The van der Waals surface area contributed by atoms with E-state index in [2.05, 4.69) is 0 Å². The van der Waals surface area contributed by atoms with Gasteiger partial charge in [-0.1, -0.05) is 12.1 Å². The van der Waals surface area contributed by atoms with Gasteiger partial charge in [-0.25, -0.2) is 4.79 Å². The number of hydrogen-bond donors (Lipinski definition) is 0. The van der Waals surface area contributed by atoms with Gasteiger partial charge in [0.05, 0.1) is 39.1 Å². The standard InChI is InChI=1S/C22H34O6/c1-7-26-22(23)13-12-20(27-16(2)3)21(28-17(4)5)15-25-14-18-8-10-19(24-6)11-9-18/h8-13,16-17,20-21H,7,14-15H2,1-6H3/b13-12+/t20-,21-/m0/s1. The molecule has 6 nitrogen and oxygen atoms in total. The summed E-state index contributed by atoms with van der Waals surface area (Å²) in [6.07, 6.45) is 2.24. The number of carbonyl (C=O) groups is 1. The van der Waals surface area contributed by atoms with E-state index in [-0.39, 0.29) is 18.3 Å². The summed E-state index contributed by atoms with van der Waals surface area (Å²) >= 11 is 0. The fraction of sp³-hybridized carbons (Fsp3) is 0.591. The summed E-state index contributed by atoms with van der Waals surface area (Å²) in [7, 11) is 1.64. The largest absolute Gasteiger partial charge is 0.497 e. The summed E-state index contributed by atoms with van der Waals surface area (Å²) in [5.74, 6) is 0.404. The zero-order valence-electron chi connectivity index (χ0n) is 17.8. The zero-order valence-corrected chi connectivity index (χ0v) is 17.8. The summed E-state index contributed by atoms with van der Waals surface area (Å²) in [4.78, 5) is 11.7. The Morgan fingerprint density at radius 1 is 1.04 bits per heavy atom. The third-order valence-electron chi connectivity index (χ3n) is 3.66. The lowest BCUT2D eigenvalue weighted by molar-refractivity contribution is -0.137. The maximum Gasteiger partial charge on any atom is 0.330 e. The van der Waals surface area contributed by atoms with Crippen LogP contribution in [0.15, 0.2) is 36.4 Å². The molecule has 0 fully saturated rings. The third kappa shape index (κ3) is 9.88. The molecule has 1 aromatic carbocycles. The Morgan fingerprint density at radius 2 is 1.68 bits per heavy atom. The molecule has 0 bridgehead atoms. The van der Waals surface area contributed by atoms with Gasteiger partial charge < -0.3 is 23.7 Å². The van der Waals surface area contributed by atoms with Crippen LogP contribution in [0, 0.1) is 0 Å². The van der Waals surface area contributed by atoms with Crippen molar-refractivity contribution in [2.24, 2.45) is 0 Å². The van der Waals surface area contributed by atoms with Crippen LogP contribution in [-0.4, -0.2) is 50.7 Å². The summed E-state index contributed by atoms with van der Waals surface area (Å²) in [6, 6.07) is 7.71. The lowest BCUT2D eigenvalue weighted by Crippen LogP contribution is -2.37. The van der Waals surface area contributed by atoms with Gasteiger partial charge in [-0.2, -0.15) is 0 Å². The quantitative estimate of drug-likeness (QED) is 0.373. The molecule has 2 atom stereocenters. The summed E-state index contributed by atoms with van der Waals surface area (Å²) in [5, 5.41) is 0. The average molecular weight is 395 g/mol. The maximum absolute atomic E-state index is 11.7. The Balaban J connectivity index is 2.76. The lowest BCUT2D eigenvalue weighted by Gasteiger charge is -2.28. The van der Waals surface area contributed by atoms with Crippen molar-refractivity contribution < 1.29 is 28.5 Å². The highest BCUT2D eigenvalue weighted by Crippen LogP contribution is 2.15. The molecule has 0 spiro atoms. The third-order valence-corrected chi connectivity index (χ3v) is 3.66. The van der Waals surface area contributed by atoms with Crippen LogP contribution in [0.3, 0.4) is 0 Å². The molecule has 1 aromatic rings. The SMILES string of the molecule is CCOC(=O)/C=C/[C@H](OC(C)C)[C@H](COCc1ccc(OC)cc1)OC(C)C. The first kappa shape index (κ1) is 24.1. The number of hydrogen-bond acceptors (Lipinski definition) is 6. The van der Waals surface area contributed by atoms with Gasteiger partial charge >= 0.3 is 5.97 Å². The number of carbonyl (C=O) groups excluding carboxylic acids is 1. The van der Waals surface area contributed by atoms with Crippen LogP contribution in [0.1, 0.15) is 40.2 Å². The number of methoxy groups -OCH3 is 1. The van der Waals surface area contributed by atoms with E-state index in [1.54, 1.807) is 20.1 Å². The number of esters is 1. The minimum atomic E-state index is -0.428. The van der Waals surface area contributed by atoms with Crippen LogP contribution >= 0.6 is 0 Å². The highest BCUT2D eigenvalue weighted by Gasteiger charge is 2.24. The van der Waals surface area contributed by atoms with E-state index in [1.165, 1.54) is 6.08 Å². The Bertz CT molecular complexity index is 579. The van der Waals surface area contributed by atoms with Crippen molar-refractivity contribution in [1.29, 1.82) is 0 Å². The molecule has 28 heavy (non-hydrogen) atoms. The lowest BCUT2D eigenvalue weighted by atomic mass is 10.1. The molecule has 0 radical (unpaired) electrons. The van der Waals surface area contributed by atoms with E-state index in [0.717, 1.165) is 11.3 Å². The Kier molecular flexibility index (Phi) is 11.5. The number of rotatable bonds is 13. The van der Waals surface area contributed by atoms with Crippen molar-refractivity contribution in [3.63, 3.8) is 0 Å². The van der Waals surface area contributed by atoms with Gasteiger partial charge in [-0.3, -0.25) is 0 Å². The van der Waals surface area contributed by atoms with E-state index in [4.69, 9.17) is 23.7 Å². The van der Waals surface area contributed by atoms with Crippen LogP contribution < -0.4 is 4.74 Å². The second-order valence-electron chi connectivity index (χ2n) is 6.85. The van der Waals surface area contributed by atoms with Crippen molar-refractivity contribution in [1.82, 2.24) is 0 Å². The van der Waals surface area contributed by atoms with Crippen LogP contribution in [0.25, 0.3) is 0 Å². The Morgan fingerprint density at radius 3 is 2.21 bits per heavy atom. The number of ether oxygens (including phenoxy) is 5. The fourth-order valence-electron chi connectivity index (χ4n) is 2.51. The van der Waals surface area contributed by atoms with E-state index in [0.29, 0.717) is 19.8 Å². The topological polar surface area (TPSA) is 63.2 Å². The van der Waals surface area contributed by atoms with Gasteiger partial charge in [0.2, 0.25) is 0 Å². The van der Waals surface area contributed by atoms with Gasteiger partial charge in [0.25, 0.3) is 0 Å². The molecule has 0 heterocycles. The molecule has 0 aliphatic carbocycles. The molecule has 0 unspecified atom stereocenters. The summed E-state index contributed by atoms with van der Waals surface area (Å²) in [6.45, 7) is 10.7. The summed E-state index contributed by atoms with van der Waals surface area (Å²) < 4.78 is 28.0. The van der Waals surface area contributed by atoms with Crippen molar-refractivity contribution in [3.05, 3.63) is 42.0 Å². The van der Waals surface area contributed by atoms with E-state index in [9.17, 15) is 4.79 Å². The van der Waals surface area contributed by atoms with Crippen LogP contribution in [0.2, 0.25) is 0 Å². The predicted molar refractivity (Wildman–Crippen MR) is 108 cm³/mol. The molecule has 0 saturated carbocycles. The molecule has 0 amide bonds. The second kappa shape index (κ2) is 13.3. The molecule has 158 valence electrons. The first-order chi connectivity index (χ1) is 13.3. The monoisotopic (exact) mass is 394 g/mol. The molecule has 0 aliphatic heterocycles. The molecule has 1 rings (SSSR count). The molecule has 0 aliphatic rings. The van der Waals surface area contributed by atoms with Crippen molar-refractivity contribution in [3.8, 4) is 5.75 Å². The van der Waals surface area contributed by atoms with Crippen LogP contribution in [0.4, 0.5) is 0 Å². The van der Waals surface area contributed by atoms with E-state index in [1.807, 2.05) is 52.0 Å². The highest BCUT2D eigenvalue weighted by atomic mass is 16.6. The smallest absolute Gasteiger partial charge is 0.330 e. The van der Waals surface area contributed by atoms with Crippen molar-refractivity contribution in [2.75, 3.05) is 20.3 Å². The Hall–Kier alpha value is -1.89. The van der Waals surface area contributed by atoms with Crippen molar-refractivity contribution in [2.45, 2.75) is 65.6 Å². The van der Waals surface area contributed by atoms with Crippen LogP contribution in [-0.2, 0) is 30.3 Å². The molecule has 0 saturated heterocycles. The molecule has 0 N–H and O–H groups in total. The molecular weight excluding hydrogens is 360 g/mol. The van der Waals surface area contributed by atoms with Crippen molar-refractivity contribution >= 4 is 5.97 Å². The highest BCUT2D eigenvalue weighted by molar-refractivity contribution is 5.81. The average Bonchev–Trinajstić information content (AvgIpc) is 2.64. The van der Waals surface area contributed by atoms with Gasteiger partial charge in [-0.05, 0) is 58.4 Å². The normalized spacial score (nSPS) is 13.9. The van der Waals surface area contributed by atoms with Gasteiger partial charge in [-0.15, -0.1) is 0 Å². The first-order valence-corrected chi connectivity index (χ1v) is 9.72. The second-order valence-corrected chi connectivity index (χ2v) is 6.85. The maximum atomic E-state index is 11.7. The minimum absolute atomic E-state index is 0.0103. The summed E-state index contributed by atoms with van der Waals surface area (Å²) in [5.41, 5.74) is 1.03. The van der Waals surface area contributed by atoms with Gasteiger partial charge in [0.1, 0.15) is 18.0 Å². The van der Waals surface area contributed by atoms with Gasteiger partial charge in [0, 0.05) is 6.08 Å². The van der Waals surface area contributed by atoms with Crippen LogP contribution in [0.5, 0.6) is 5.75 Å². The molecule has 0 aromatic heterocycles. The zero-order chi connectivity index (χ0) is 20.9. The fourth-order valence-corrected chi connectivity index (χ4v) is 2.51. The molecule has 6 heteroatoms. The van der Waals surface area contributed by atoms with E-state index >= 15 is 0 Å².